The molecule has 0 saturated carbocycles. The first kappa shape index (κ1) is 11.7. The minimum Gasteiger partial charge on any atom is -0.488 e. The summed E-state index contributed by atoms with van der Waals surface area (Å²) >= 11 is 0. The standard InChI is InChI=1S/C14H18O/c1-5-11-14(3,4)15-13-9-7-12(6-2)8-10-13/h2,7-10H,5,11H2,1,3-4H3. The van der Waals surface area contributed by atoms with Crippen LogP contribution >= 0.6 is 0 Å². The van der Waals surface area contributed by atoms with Crippen molar-refractivity contribution in [2.24, 2.45) is 0 Å². The van der Waals surface area contributed by atoms with Crippen molar-refractivity contribution < 1.29 is 4.74 Å². The number of benzene rings is 1. The molecule has 0 amide bonds. The van der Waals surface area contributed by atoms with Gasteiger partial charge < -0.3 is 4.74 Å². The summed E-state index contributed by atoms with van der Waals surface area (Å²) in [6.07, 6.45) is 7.45. The largest absolute Gasteiger partial charge is 0.488 e. The Balaban J connectivity index is 2.69. The molecule has 0 saturated heterocycles. The van der Waals surface area contributed by atoms with Crippen molar-refractivity contribution in [2.75, 3.05) is 0 Å². The van der Waals surface area contributed by atoms with Crippen molar-refractivity contribution >= 4 is 0 Å². The lowest BCUT2D eigenvalue weighted by molar-refractivity contribution is 0.0986. The molecular formula is C14H18O. The van der Waals surface area contributed by atoms with Gasteiger partial charge in [0.25, 0.3) is 0 Å². The average molecular weight is 202 g/mol. The lowest BCUT2D eigenvalue weighted by Crippen LogP contribution is -2.27. The highest BCUT2D eigenvalue weighted by Gasteiger charge is 2.17. The molecule has 0 aromatic heterocycles. The molecule has 1 aromatic carbocycles. The van der Waals surface area contributed by atoms with Crippen molar-refractivity contribution in [1.82, 2.24) is 0 Å². The quantitative estimate of drug-likeness (QED) is 0.677. The second kappa shape index (κ2) is 4.89. The van der Waals surface area contributed by atoms with E-state index in [0.717, 1.165) is 24.2 Å². The first-order chi connectivity index (χ1) is 7.07. The molecule has 0 unspecified atom stereocenters. The van der Waals surface area contributed by atoms with E-state index < -0.39 is 0 Å². The minimum absolute atomic E-state index is 0.105. The van der Waals surface area contributed by atoms with Gasteiger partial charge in [-0.3, -0.25) is 0 Å². The summed E-state index contributed by atoms with van der Waals surface area (Å²) in [5.74, 6) is 3.47. The highest BCUT2D eigenvalue weighted by atomic mass is 16.5. The molecule has 80 valence electrons. The Morgan fingerprint density at radius 3 is 2.33 bits per heavy atom. The molecular weight excluding hydrogens is 184 g/mol. The van der Waals surface area contributed by atoms with Crippen LogP contribution in [0.15, 0.2) is 24.3 Å². The van der Waals surface area contributed by atoms with Crippen LogP contribution in [-0.2, 0) is 0 Å². The maximum absolute atomic E-state index is 5.87. The number of ether oxygens (including phenoxy) is 1. The molecule has 0 N–H and O–H groups in total. The molecule has 0 spiro atoms. The van der Waals surface area contributed by atoms with Crippen LogP contribution in [0.4, 0.5) is 0 Å². The van der Waals surface area contributed by atoms with E-state index in [1.54, 1.807) is 0 Å². The minimum atomic E-state index is -0.105. The van der Waals surface area contributed by atoms with Gasteiger partial charge >= 0.3 is 0 Å². The van der Waals surface area contributed by atoms with Crippen molar-refractivity contribution in [3.8, 4) is 18.1 Å². The van der Waals surface area contributed by atoms with Crippen LogP contribution in [0.2, 0.25) is 0 Å². The number of hydrogen-bond acceptors (Lipinski definition) is 1. The Kier molecular flexibility index (Phi) is 3.80. The van der Waals surface area contributed by atoms with Crippen LogP contribution < -0.4 is 4.74 Å². The van der Waals surface area contributed by atoms with Gasteiger partial charge in [0.15, 0.2) is 0 Å². The van der Waals surface area contributed by atoms with E-state index >= 15 is 0 Å². The van der Waals surface area contributed by atoms with Gasteiger partial charge in [0.1, 0.15) is 11.4 Å². The van der Waals surface area contributed by atoms with Crippen LogP contribution in [-0.4, -0.2) is 5.60 Å². The van der Waals surface area contributed by atoms with Crippen molar-refractivity contribution in [3.05, 3.63) is 29.8 Å². The van der Waals surface area contributed by atoms with Crippen LogP contribution in [0.3, 0.4) is 0 Å². The molecule has 0 aliphatic rings. The summed E-state index contributed by atoms with van der Waals surface area (Å²) in [6, 6.07) is 7.65. The topological polar surface area (TPSA) is 9.23 Å². The van der Waals surface area contributed by atoms with E-state index in [1.165, 1.54) is 0 Å². The van der Waals surface area contributed by atoms with Gasteiger partial charge in [0.05, 0.1) is 0 Å². The molecule has 1 rings (SSSR count). The zero-order chi connectivity index (χ0) is 11.3. The van der Waals surface area contributed by atoms with Gasteiger partial charge in [0.2, 0.25) is 0 Å². The molecule has 0 radical (unpaired) electrons. The molecule has 0 heterocycles. The zero-order valence-corrected chi connectivity index (χ0v) is 9.71. The second-order valence-corrected chi connectivity index (χ2v) is 4.28. The first-order valence-corrected chi connectivity index (χ1v) is 5.33. The Labute approximate surface area is 92.5 Å². The summed E-state index contributed by atoms with van der Waals surface area (Å²) in [6.45, 7) is 6.36. The maximum atomic E-state index is 5.87. The Bertz CT molecular complexity index is 341. The fraction of sp³-hybridized carbons (Fsp3) is 0.429. The SMILES string of the molecule is C#Cc1ccc(OC(C)(C)CCC)cc1. The van der Waals surface area contributed by atoms with Crippen molar-refractivity contribution in [1.29, 1.82) is 0 Å². The Morgan fingerprint density at radius 1 is 1.27 bits per heavy atom. The highest BCUT2D eigenvalue weighted by molar-refractivity contribution is 5.36. The predicted octanol–water partition coefficient (Wildman–Crippen LogP) is 3.63. The smallest absolute Gasteiger partial charge is 0.120 e. The third-order valence-corrected chi connectivity index (χ3v) is 2.27. The fourth-order valence-electron chi connectivity index (χ4n) is 1.59. The van der Waals surface area contributed by atoms with E-state index in [9.17, 15) is 0 Å². The zero-order valence-electron chi connectivity index (χ0n) is 9.71. The second-order valence-electron chi connectivity index (χ2n) is 4.28. The third kappa shape index (κ3) is 3.67. The summed E-state index contributed by atoms with van der Waals surface area (Å²) in [7, 11) is 0. The van der Waals surface area contributed by atoms with Gasteiger partial charge in [-0.15, -0.1) is 6.42 Å². The molecule has 1 heteroatoms. The number of terminal acetylenes is 1. The molecule has 0 fully saturated rings. The van der Waals surface area contributed by atoms with Crippen LogP contribution in [0.5, 0.6) is 5.75 Å². The molecule has 1 nitrogen and oxygen atoms in total. The van der Waals surface area contributed by atoms with Crippen LogP contribution in [0.25, 0.3) is 0 Å². The van der Waals surface area contributed by atoms with E-state index in [-0.39, 0.29) is 5.60 Å². The normalized spacial score (nSPS) is 10.8. The Morgan fingerprint density at radius 2 is 1.87 bits per heavy atom. The van der Waals surface area contributed by atoms with Gasteiger partial charge in [-0.1, -0.05) is 19.3 Å². The number of rotatable bonds is 4. The molecule has 0 aliphatic carbocycles. The van der Waals surface area contributed by atoms with Crippen LogP contribution in [0.1, 0.15) is 39.2 Å². The van der Waals surface area contributed by atoms with E-state index in [2.05, 4.69) is 26.7 Å². The highest BCUT2D eigenvalue weighted by Crippen LogP contribution is 2.22. The third-order valence-electron chi connectivity index (χ3n) is 2.27. The summed E-state index contributed by atoms with van der Waals surface area (Å²) < 4.78 is 5.87. The van der Waals surface area contributed by atoms with Gasteiger partial charge in [-0.05, 0) is 44.5 Å². The summed E-state index contributed by atoms with van der Waals surface area (Å²) in [5.41, 5.74) is 0.780. The van der Waals surface area contributed by atoms with Gasteiger partial charge in [-0.25, -0.2) is 0 Å². The average Bonchev–Trinajstić information content (AvgIpc) is 2.18. The van der Waals surface area contributed by atoms with Gasteiger partial charge in [0, 0.05) is 5.56 Å². The van der Waals surface area contributed by atoms with Crippen molar-refractivity contribution in [3.63, 3.8) is 0 Å². The van der Waals surface area contributed by atoms with Crippen molar-refractivity contribution in [2.45, 2.75) is 39.2 Å². The van der Waals surface area contributed by atoms with Crippen LogP contribution in [0, 0.1) is 12.3 Å². The molecule has 15 heavy (non-hydrogen) atoms. The number of hydrogen-bond donors (Lipinski definition) is 0. The van der Waals surface area contributed by atoms with E-state index in [0.29, 0.717) is 0 Å². The summed E-state index contributed by atoms with van der Waals surface area (Å²) in [5, 5.41) is 0. The Hall–Kier alpha value is -1.42. The molecule has 0 bridgehead atoms. The first-order valence-electron chi connectivity index (χ1n) is 5.33. The predicted molar refractivity (Wildman–Crippen MR) is 64.0 cm³/mol. The monoisotopic (exact) mass is 202 g/mol. The summed E-state index contributed by atoms with van der Waals surface area (Å²) in [4.78, 5) is 0. The molecule has 0 atom stereocenters. The molecule has 0 aliphatic heterocycles. The lowest BCUT2D eigenvalue weighted by Gasteiger charge is -2.26. The van der Waals surface area contributed by atoms with Gasteiger partial charge in [-0.2, -0.15) is 0 Å². The fourth-order valence-corrected chi connectivity index (χ4v) is 1.59. The lowest BCUT2D eigenvalue weighted by atomic mass is 10.0. The maximum Gasteiger partial charge on any atom is 0.120 e. The van der Waals surface area contributed by atoms with E-state index in [1.807, 2.05) is 24.3 Å². The molecule has 1 aromatic rings. The van der Waals surface area contributed by atoms with E-state index in [4.69, 9.17) is 11.2 Å².